The van der Waals surface area contributed by atoms with E-state index in [1.165, 1.54) is 0 Å². The van der Waals surface area contributed by atoms with Gasteiger partial charge in [-0.15, -0.1) is 0 Å². The van der Waals surface area contributed by atoms with Crippen molar-refractivity contribution in [2.24, 2.45) is 0 Å². The van der Waals surface area contributed by atoms with E-state index in [1.807, 2.05) is 30.3 Å². The van der Waals surface area contributed by atoms with Gasteiger partial charge in [0.2, 0.25) is 17.6 Å². The summed E-state index contributed by atoms with van der Waals surface area (Å²) in [6.07, 6.45) is 5.56. The minimum atomic E-state index is -0.151. The molecule has 0 saturated heterocycles. The summed E-state index contributed by atoms with van der Waals surface area (Å²) in [6, 6.07) is 13.4. The molecule has 0 unspecified atom stereocenters. The first kappa shape index (κ1) is 19.0. The van der Waals surface area contributed by atoms with E-state index in [1.54, 1.807) is 35.4 Å². The molecule has 1 amide bonds. The standard InChI is InChI=1S/C20H17BrN6O2/c21-16-5-1-3-14(11-16)13-27-17(8-10-23-27)24-18(28)6-7-19-25-20(26-29-19)15-4-2-9-22-12-15/h1-5,8-12H,6-7,13H2,(H,24,28). The van der Waals surface area contributed by atoms with Gasteiger partial charge in [0.05, 0.1) is 12.7 Å². The quantitative estimate of drug-likeness (QED) is 0.458. The summed E-state index contributed by atoms with van der Waals surface area (Å²) < 4.78 is 7.97. The molecule has 4 rings (SSSR count). The fraction of sp³-hybridized carbons (Fsp3) is 0.150. The minimum Gasteiger partial charge on any atom is -0.339 e. The molecule has 0 radical (unpaired) electrons. The molecular formula is C20H17BrN6O2. The zero-order chi connectivity index (χ0) is 20.1. The van der Waals surface area contributed by atoms with Crippen molar-refractivity contribution < 1.29 is 9.32 Å². The molecular weight excluding hydrogens is 436 g/mol. The molecule has 3 aromatic heterocycles. The van der Waals surface area contributed by atoms with Crippen molar-refractivity contribution in [1.82, 2.24) is 24.9 Å². The molecule has 146 valence electrons. The highest BCUT2D eigenvalue weighted by Gasteiger charge is 2.12. The van der Waals surface area contributed by atoms with Crippen LogP contribution in [0.5, 0.6) is 0 Å². The van der Waals surface area contributed by atoms with Crippen molar-refractivity contribution >= 4 is 27.7 Å². The van der Waals surface area contributed by atoms with Gasteiger partial charge in [0, 0.05) is 41.3 Å². The highest BCUT2D eigenvalue weighted by molar-refractivity contribution is 9.10. The summed E-state index contributed by atoms with van der Waals surface area (Å²) in [5.74, 6) is 1.35. The lowest BCUT2D eigenvalue weighted by atomic mass is 10.2. The normalized spacial score (nSPS) is 10.8. The van der Waals surface area contributed by atoms with E-state index in [2.05, 4.69) is 41.5 Å². The SMILES string of the molecule is O=C(CCc1nc(-c2cccnc2)no1)Nc1ccnn1Cc1cccc(Br)c1. The van der Waals surface area contributed by atoms with Gasteiger partial charge in [-0.1, -0.05) is 33.2 Å². The van der Waals surface area contributed by atoms with Gasteiger partial charge in [-0.25, -0.2) is 4.68 Å². The van der Waals surface area contributed by atoms with Crippen LogP contribution in [0.4, 0.5) is 5.82 Å². The molecule has 0 atom stereocenters. The van der Waals surface area contributed by atoms with Crippen LogP contribution in [0.15, 0.2) is 70.1 Å². The van der Waals surface area contributed by atoms with E-state index < -0.39 is 0 Å². The Balaban J connectivity index is 1.34. The van der Waals surface area contributed by atoms with Gasteiger partial charge >= 0.3 is 0 Å². The van der Waals surface area contributed by atoms with Crippen LogP contribution in [-0.2, 0) is 17.8 Å². The van der Waals surface area contributed by atoms with Gasteiger partial charge in [0.25, 0.3) is 0 Å². The number of aryl methyl sites for hydroxylation is 1. The molecule has 9 heteroatoms. The molecule has 0 fully saturated rings. The lowest BCUT2D eigenvalue weighted by Gasteiger charge is -2.09. The number of hydrogen-bond acceptors (Lipinski definition) is 6. The monoisotopic (exact) mass is 452 g/mol. The Hall–Kier alpha value is -3.33. The van der Waals surface area contributed by atoms with Crippen molar-refractivity contribution in [3.8, 4) is 11.4 Å². The highest BCUT2D eigenvalue weighted by Crippen LogP contribution is 2.16. The largest absolute Gasteiger partial charge is 0.339 e. The Morgan fingerprint density at radius 1 is 1.17 bits per heavy atom. The average molecular weight is 453 g/mol. The van der Waals surface area contributed by atoms with Gasteiger partial charge in [0.1, 0.15) is 5.82 Å². The number of hydrogen-bond donors (Lipinski definition) is 1. The second kappa shape index (κ2) is 8.78. The van der Waals surface area contributed by atoms with Crippen molar-refractivity contribution in [3.05, 3.63) is 77.0 Å². The molecule has 29 heavy (non-hydrogen) atoms. The average Bonchev–Trinajstić information content (AvgIpc) is 3.37. The zero-order valence-corrected chi connectivity index (χ0v) is 16.9. The van der Waals surface area contributed by atoms with Gasteiger partial charge in [-0.2, -0.15) is 10.1 Å². The number of carbonyl (C=O) groups is 1. The summed E-state index contributed by atoms with van der Waals surface area (Å²) in [6.45, 7) is 0.556. The smallest absolute Gasteiger partial charge is 0.227 e. The second-order valence-corrected chi connectivity index (χ2v) is 7.22. The van der Waals surface area contributed by atoms with Gasteiger partial charge < -0.3 is 9.84 Å². The van der Waals surface area contributed by atoms with Crippen molar-refractivity contribution in [2.75, 3.05) is 5.32 Å². The number of carbonyl (C=O) groups excluding carboxylic acids is 1. The third-order valence-corrected chi connectivity index (χ3v) is 4.65. The predicted octanol–water partition coefficient (Wildman–Crippen LogP) is 3.71. The van der Waals surface area contributed by atoms with Crippen LogP contribution in [0.3, 0.4) is 0 Å². The lowest BCUT2D eigenvalue weighted by Crippen LogP contribution is -2.16. The Morgan fingerprint density at radius 3 is 2.93 bits per heavy atom. The Morgan fingerprint density at radius 2 is 2.10 bits per heavy atom. The van der Waals surface area contributed by atoms with Gasteiger partial charge in [0.15, 0.2) is 0 Å². The van der Waals surface area contributed by atoms with E-state index in [9.17, 15) is 4.79 Å². The summed E-state index contributed by atoms with van der Waals surface area (Å²) in [4.78, 5) is 20.7. The lowest BCUT2D eigenvalue weighted by molar-refractivity contribution is -0.116. The number of anilines is 1. The first-order valence-electron chi connectivity index (χ1n) is 8.96. The molecule has 0 aliphatic rings. The minimum absolute atomic E-state index is 0.151. The Kier molecular flexibility index (Phi) is 5.76. The van der Waals surface area contributed by atoms with E-state index in [0.717, 1.165) is 15.6 Å². The Labute approximate surface area is 175 Å². The number of halogens is 1. The number of nitrogens with one attached hydrogen (secondary N) is 1. The molecule has 8 nitrogen and oxygen atoms in total. The van der Waals surface area contributed by atoms with Gasteiger partial charge in [-0.05, 0) is 29.8 Å². The summed E-state index contributed by atoms with van der Waals surface area (Å²) >= 11 is 3.46. The summed E-state index contributed by atoms with van der Waals surface area (Å²) in [5, 5.41) is 11.1. The van der Waals surface area contributed by atoms with Crippen molar-refractivity contribution in [1.29, 1.82) is 0 Å². The molecule has 0 aliphatic carbocycles. The maximum atomic E-state index is 12.4. The fourth-order valence-electron chi connectivity index (χ4n) is 2.77. The molecule has 0 saturated carbocycles. The predicted molar refractivity (Wildman–Crippen MR) is 110 cm³/mol. The van der Waals surface area contributed by atoms with Crippen LogP contribution in [0.2, 0.25) is 0 Å². The fourth-order valence-corrected chi connectivity index (χ4v) is 3.21. The van der Waals surface area contributed by atoms with Crippen molar-refractivity contribution in [2.45, 2.75) is 19.4 Å². The number of rotatable bonds is 7. The van der Waals surface area contributed by atoms with Crippen LogP contribution >= 0.6 is 15.9 Å². The highest BCUT2D eigenvalue weighted by atomic mass is 79.9. The maximum absolute atomic E-state index is 12.4. The van der Waals surface area contributed by atoms with Crippen LogP contribution in [0.1, 0.15) is 17.9 Å². The van der Waals surface area contributed by atoms with E-state index >= 15 is 0 Å². The number of aromatic nitrogens is 5. The number of amides is 1. The van der Waals surface area contributed by atoms with Crippen molar-refractivity contribution in [3.63, 3.8) is 0 Å². The second-order valence-electron chi connectivity index (χ2n) is 6.31. The molecule has 0 aliphatic heterocycles. The first-order chi connectivity index (χ1) is 14.2. The van der Waals surface area contributed by atoms with E-state index in [4.69, 9.17) is 4.52 Å². The molecule has 0 bridgehead atoms. The van der Waals surface area contributed by atoms with E-state index in [0.29, 0.717) is 30.5 Å². The molecule has 4 aromatic rings. The maximum Gasteiger partial charge on any atom is 0.227 e. The van der Waals surface area contributed by atoms with Crippen LogP contribution < -0.4 is 5.32 Å². The van der Waals surface area contributed by atoms with E-state index in [-0.39, 0.29) is 12.3 Å². The van der Waals surface area contributed by atoms with Crippen LogP contribution in [0.25, 0.3) is 11.4 Å². The van der Waals surface area contributed by atoms with Crippen LogP contribution in [-0.4, -0.2) is 30.8 Å². The number of nitrogens with zero attached hydrogens (tertiary/aromatic N) is 5. The molecule has 1 N–H and O–H groups in total. The molecule has 3 heterocycles. The topological polar surface area (TPSA) is 98.7 Å². The van der Waals surface area contributed by atoms with Gasteiger partial charge in [-0.3, -0.25) is 9.78 Å². The number of pyridine rings is 1. The third-order valence-electron chi connectivity index (χ3n) is 4.16. The number of benzene rings is 1. The third kappa shape index (κ3) is 4.94. The Bertz CT molecular complexity index is 1110. The van der Waals surface area contributed by atoms with Crippen LogP contribution in [0, 0.1) is 0 Å². The summed E-state index contributed by atoms with van der Waals surface area (Å²) in [7, 11) is 0. The zero-order valence-electron chi connectivity index (χ0n) is 15.3. The molecule has 0 spiro atoms. The first-order valence-corrected chi connectivity index (χ1v) is 9.76. The summed E-state index contributed by atoms with van der Waals surface area (Å²) in [5.41, 5.74) is 1.84. The molecule has 1 aromatic carbocycles.